The first-order valence-electron chi connectivity index (χ1n) is 9.09. The number of thiazole rings is 1. The highest BCUT2D eigenvalue weighted by atomic mass is 32.1. The minimum atomic E-state index is -0.389. The normalized spacial score (nSPS) is 11.5. The fourth-order valence-corrected chi connectivity index (χ4v) is 4.74. The molecule has 2 aromatic carbocycles. The van der Waals surface area contributed by atoms with Gasteiger partial charge in [-0.05, 0) is 41.8 Å². The quantitative estimate of drug-likeness (QED) is 0.243. The van der Waals surface area contributed by atoms with Gasteiger partial charge in [-0.3, -0.25) is 10.1 Å². The third kappa shape index (κ3) is 3.54. The highest BCUT2D eigenvalue weighted by Crippen LogP contribution is 2.31. The largest absolute Gasteiger partial charge is 0.270 e. The van der Waals surface area contributed by atoms with Crippen molar-refractivity contribution in [3.63, 3.8) is 0 Å². The summed E-state index contributed by atoms with van der Waals surface area (Å²) < 4.78 is 2.67. The average molecular weight is 431 g/mol. The van der Waals surface area contributed by atoms with Crippen molar-refractivity contribution in [2.45, 2.75) is 0 Å². The molecule has 5 aromatic rings. The van der Waals surface area contributed by atoms with Gasteiger partial charge in [-0.1, -0.05) is 24.3 Å². The average Bonchev–Trinajstić information content (AvgIpc) is 3.51. The zero-order valence-corrected chi connectivity index (χ0v) is 17.1. The van der Waals surface area contributed by atoms with Crippen molar-refractivity contribution in [1.29, 1.82) is 0 Å². The molecule has 0 unspecified atom stereocenters. The van der Waals surface area contributed by atoms with E-state index in [0.29, 0.717) is 0 Å². The number of thiophene rings is 1. The minimum Gasteiger partial charge on any atom is -0.258 e. The Hall–Kier alpha value is -3.62. The molecular formula is C22H14N4O2S2. The SMILES string of the molecule is O=[N+]([O-])c1ccc2nc(C=Cc3cn(-c4ccccc4)nc3-c3cccs3)sc2c1. The number of benzene rings is 2. The minimum absolute atomic E-state index is 0.0748. The number of nitro benzene ring substituents is 1. The van der Waals surface area contributed by atoms with Crippen molar-refractivity contribution < 1.29 is 4.92 Å². The van der Waals surface area contributed by atoms with Crippen molar-refractivity contribution in [2.24, 2.45) is 0 Å². The lowest BCUT2D eigenvalue weighted by atomic mass is 10.2. The zero-order valence-electron chi connectivity index (χ0n) is 15.5. The number of hydrogen-bond acceptors (Lipinski definition) is 6. The van der Waals surface area contributed by atoms with Gasteiger partial charge in [-0.15, -0.1) is 22.7 Å². The van der Waals surface area contributed by atoms with Crippen molar-refractivity contribution >= 4 is 50.7 Å². The van der Waals surface area contributed by atoms with Gasteiger partial charge < -0.3 is 0 Å². The van der Waals surface area contributed by atoms with Gasteiger partial charge in [0.2, 0.25) is 0 Å². The van der Waals surface area contributed by atoms with Crippen LogP contribution in [0.4, 0.5) is 5.69 Å². The van der Waals surface area contributed by atoms with Crippen LogP contribution in [0.2, 0.25) is 0 Å². The second kappa shape index (κ2) is 7.66. The van der Waals surface area contributed by atoms with Crippen LogP contribution >= 0.6 is 22.7 Å². The Bertz CT molecular complexity index is 1370. The third-order valence-electron chi connectivity index (χ3n) is 4.52. The molecule has 0 bridgehead atoms. The van der Waals surface area contributed by atoms with Gasteiger partial charge in [0.1, 0.15) is 10.7 Å². The number of nitrogens with zero attached hydrogens (tertiary/aromatic N) is 4. The summed E-state index contributed by atoms with van der Waals surface area (Å²) in [6, 6.07) is 18.8. The Labute approximate surface area is 179 Å². The maximum atomic E-state index is 11.0. The molecule has 0 aliphatic carbocycles. The van der Waals surface area contributed by atoms with E-state index < -0.39 is 0 Å². The molecular weight excluding hydrogens is 416 g/mol. The van der Waals surface area contributed by atoms with Crippen LogP contribution in [0.1, 0.15) is 10.6 Å². The summed E-state index contributed by atoms with van der Waals surface area (Å²) in [5.41, 5.74) is 3.70. The van der Waals surface area contributed by atoms with Crippen molar-refractivity contribution in [2.75, 3.05) is 0 Å². The van der Waals surface area contributed by atoms with Gasteiger partial charge in [-0.25, -0.2) is 9.67 Å². The molecule has 8 heteroatoms. The first-order chi connectivity index (χ1) is 14.7. The number of rotatable bonds is 5. The molecule has 30 heavy (non-hydrogen) atoms. The van der Waals surface area contributed by atoms with E-state index in [1.54, 1.807) is 23.5 Å². The number of nitro groups is 1. The molecule has 0 saturated carbocycles. The molecule has 0 fully saturated rings. The zero-order chi connectivity index (χ0) is 20.5. The van der Waals surface area contributed by atoms with Crippen LogP contribution in [0, 0.1) is 10.1 Å². The fraction of sp³-hybridized carbons (Fsp3) is 0. The molecule has 3 heterocycles. The number of non-ortho nitro benzene ring substituents is 1. The maximum absolute atomic E-state index is 11.0. The van der Waals surface area contributed by atoms with Gasteiger partial charge in [-0.2, -0.15) is 5.10 Å². The first kappa shape index (κ1) is 18.4. The van der Waals surface area contributed by atoms with E-state index in [0.717, 1.165) is 37.0 Å². The summed E-state index contributed by atoms with van der Waals surface area (Å²) in [7, 11) is 0. The highest BCUT2D eigenvalue weighted by Gasteiger charge is 2.12. The Balaban J connectivity index is 1.53. The number of para-hydroxylation sites is 1. The molecule has 3 aromatic heterocycles. The van der Waals surface area contributed by atoms with E-state index in [9.17, 15) is 10.1 Å². The molecule has 6 nitrogen and oxygen atoms in total. The van der Waals surface area contributed by atoms with Crippen molar-refractivity contribution in [3.8, 4) is 16.3 Å². The lowest BCUT2D eigenvalue weighted by Gasteiger charge is -1.99. The molecule has 146 valence electrons. The van der Waals surface area contributed by atoms with Crippen LogP contribution in [0.3, 0.4) is 0 Å². The molecule has 0 amide bonds. The maximum Gasteiger partial charge on any atom is 0.270 e. The van der Waals surface area contributed by atoms with E-state index in [2.05, 4.69) is 11.1 Å². The molecule has 5 rings (SSSR count). The Kier molecular flexibility index (Phi) is 4.70. The molecule has 0 spiro atoms. The number of aromatic nitrogens is 3. The number of fused-ring (bicyclic) bond motifs is 1. The van der Waals surface area contributed by atoms with Gasteiger partial charge in [0.05, 0.1) is 25.7 Å². The second-order valence-corrected chi connectivity index (χ2v) is 8.49. The Morgan fingerprint density at radius 2 is 1.90 bits per heavy atom. The summed E-state index contributed by atoms with van der Waals surface area (Å²) in [6.45, 7) is 0. The molecule has 0 saturated heterocycles. The standard InChI is InChI=1S/C22H14N4O2S2/c27-26(28)17-9-10-18-20(13-17)30-21(23-18)11-8-15-14-25(16-5-2-1-3-6-16)24-22(15)19-7-4-12-29-19/h1-14H. The van der Waals surface area contributed by atoms with Crippen LogP contribution < -0.4 is 0 Å². The highest BCUT2D eigenvalue weighted by molar-refractivity contribution is 7.19. The predicted molar refractivity (Wildman–Crippen MR) is 122 cm³/mol. The second-order valence-electron chi connectivity index (χ2n) is 6.49. The lowest BCUT2D eigenvalue weighted by molar-refractivity contribution is -0.384. The van der Waals surface area contributed by atoms with E-state index in [1.165, 1.54) is 17.4 Å². The van der Waals surface area contributed by atoms with Crippen LogP contribution in [-0.2, 0) is 0 Å². The van der Waals surface area contributed by atoms with E-state index >= 15 is 0 Å². The predicted octanol–water partition coefficient (Wildman–Crippen LogP) is 6.29. The van der Waals surface area contributed by atoms with Gasteiger partial charge in [0.15, 0.2) is 0 Å². The van der Waals surface area contributed by atoms with Gasteiger partial charge >= 0.3 is 0 Å². The molecule has 0 aliphatic rings. The Morgan fingerprint density at radius 3 is 2.67 bits per heavy atom. The third-order valence-corrected chi connectivity index (χ3v) is 6.38. The first-order valence-corrected chi connectivity index (χ1v) is 10.8. The van der Waals surface area contributed by atoms with Crippen LogP contribution in [0.25, 0.3) is 38.6 Å². The summed E-state index contributed by atoms with van der Waals surface area (Å²) in [5.74, 6) is 0. The lowest BCUT2D eigenvalue weighted by Crippen LogP contribution is -1.93. The summed E-state index contributed by atoms with van der Waals surface area (Å²) >= 11 is 3.07. The van der Waals surface area contributed by atoms with Gasteiger partial charge in [0.25, 0.3) is 5.69 Å². The van der Waals surface area contributed by atoms with Crippen LogP contribution in [0.15, 0.2) is 72.2 Å². The smallest absolute Gasteiger partial charge is 0.258 e. The van der Waals surface area contributed by atoms with E-state index in [1.807, 2.05) is 64.8 Å². The summed E-state index contributed by atoms with van der Waals surface area (Å²) in [4.78, 5) is 16.3. The molecule has 0 atom stereocenters. The summed E-state index contributed by atoms with van der Waals surface area (Å²) in [6.07, 6.45) is 5.92. The van der Waals surface area contributed by atoms with Crippen LogP contribution in [-0.4, -0.2) is 19.7 Å². The van der Waals surface area contributed by atoms with Crippen LogP contribution in [0.5, 0.6) is 0 Å². The van der Waals surface area contributed by atoms with Crippen molar-refractivity contribution in [3.05, 3.63) is 92.9 Å². The summed E-state index contributed by atoms with van der Waals surface area (Å²) in [5, 5.41) is 18.6. The van der Waals surface area contributed by atoms with Gasteiger partial charge in [0, 0.05) is 23.9 Å². The van der Waals surface area contributed by atoms with Crippen molar-refractivity contribution in [1.82, 2.24) is 14.8 Å². The monoisotopic (exact) mass is 430 g/mol. The molecule has 0 N–H and O–H groups in total. The molecule has 0 radical (unpaired) electrons. The fourth-order valence-electron chi connectivity index (χ4n) is 3.10. The molecule has 0 aliphatic heterocycles. The Morgan fingerprint density at radius 1 is 1.03 bits per heavy atom. The van der Waals surface area contributed by atoms with E-state index in [-0.39, 0.29) is 10.6 Å². The van der Waals surface area contributed by atoms with E-state index in [4.69, 9.17) is 5.10 Å². The number of hydrogen-bond donors (Lipinski definition) is 0. The topological polar surface area (TPSA) is 73.8 Å².